The average molecular weight is 238 g/mol. The van der Waals surface area contributed by atoms with Crippen LogP contribution in [0.15, 0.2) is 49.6 Å². The summed E-state index contributed by atoms with van der Waals surface area (Å²) in [6.07, 6.45) is 7.56. The second-order valence-corrected chi connectivity index (χ2v) is 2.38. The van der Waals surface area contributed by atoms with Crippen LogP contribution in [0.3, 0.4) is 0 Å². The Kier molecular flexibility index (Phi) is 43.2. The molecule has 0 saturated heterocycles. The molecule has 1 fully saturated rings. The fourth-order valence-corrected chi connectivity index (χ4v) is 1.17. The topological polar surface area (TPSA) is 0 Å². The van der Waals surface area contributed by atoms with Crippen LogP contribution in [0.5, 0.6) is 0 Å². The van der Waals surface area contributed by atoms with Gasteiger partial charge >= 0.3 is 0 Å². The third-order valence-electron chi connectivity index (χ3n) is 1.70. The Balaban J connectivity index is -0.0000000905. The Hall–Kier alpha value is -1.04. The van der Waals surface area contributed by atoms with E-state index in [1.54, 1.807) is 0 Å². The zero-order chi connectivity index (χ0) is 14.7. The van der Waals surface area contributed by atoms with Crippen LogP contribution in [0.1, 0.15) is 60.8 Å². The molecular weight excluding hydrogens is 204 g/mol. The van der Waals surface area contributed by atoms with Crippen LogP contribution < -0.4 is 0 Å². The standard InChI is InChI=1S/C9H12.3C2H6.C2H4/c1-3-5-9-7-4-6-8(9)2;4*1-2/h3,5H,1-2,4,6-7H2;3*1-2H3;1-2H2/b9-5-;;;;. The Labute approximate surface area is 111 Å². The van der Waals surface area contributed by atoms with Crippen LogP contribution in [-0.2, 0) is 0 Å². The number of allylic oxidation sites excluding steroid dienone is 4. The average Bonchev–Trinajstić information content (AvgIpc) is 2.85. The molecule has 1 saturated carbocycles. The number of hydrogen-bond acceptors (Lipinski definition) is 0. The summed E-state index contributed by atoms with van der Waals surface area (Å²) in [5.74, 6) is 0. The first kappa shape index (κ1) is 25.0. The van der Waals surface area contributed by atoms with Gasteiger partial charge in [0.1, 0.15) is 0 Å². The number of hydrogen-bond donors (Lipinski definition) is 0. The van der Waals surface area contributed by atoms with Crippen LogP contribution in [0.2, 0.25) is 0 Å². The van der Waals surface area contributed by atoms with Gasteiger partial charge in [0.05, 0.1) is 0 Å². The molecule has 17 heavy (non-hydrogen) atoms. The molecule has 0 atom stereocenters. The Morgan fingerprint density at radius 2 is 1.29 bits per heavy atom. The molecule has 102 valence electrons. The zero-order valence-electron chi connectivity index (χ0n) is 13.1. The minimum absolute atomic E-state index is 1.18. The highest BCUT2D eigenvalue weighted by Gasteiger charge is 2.08. The third kappa shape index (κ3) is 17.6. The summed E-state index contributed by atoms with van der Waals surface area (Å²) < 4.78 is 0. The summed E-state index contributed by atoms with van der Waals surface area (Å²) >= 11 is 0. The van der Waals surface area contributed by atoms with Gasteiger partial charge in [-0.15, -0.1) is 13.2 Å². The SMILES string of the molecule is C=C.C=C/C=C1/CCCC1=C.CC.CC.CC. The lowest BCUT2D eigenvalue weighted by Gasteiger charge is -1.92. The summed E-state index contributed by atoms with van der Waals surface area (Å²) in [4.78, 5) is 0. The summed E-state index contributed by atoms with van der Waals surface area (Å²) in [5, 5.41) is 0. The monoisotopic (exact) mass is 238 g/mol. The molecule has 0 radical (unpaired) electrons. The van der Waals surface area contributed by atoms with E-state index in [-0.39, 0.29) is 0 Å². The molecule has 0 bridgehead atoms. The van der Waals surface area contributed by atoms with E-state index in [1.165, 1.54) is 30.4 Å². The molecule has 0 heterocycles. The van der Waals surface area contributed by atoms with E-state index in [0.717, 1.165) is 0 Å². The van der Waals surface area contributed by atoms with Crippen molar-refractivity contribution >= 4 is 0 Å². The van der Waals surface area contributed by atoms with Crippen molar-refractivity contribution in [1.29, 1.82) is 0 Å². The van der Waals surface area contributed by atoms with Crippen LogP contribution in [-0.4, -0.2) is 0 Å². The Morgan fingerprint density at radius 1 is 0.882 bits per heavy atom. The van der Waals surface area contributed by atoms with Crippen LogP contribution in [0, 0.1) is 0 Å². The maximum atomic E-state index is 3.94. The van der Waals surface area contributed by atoms with Gasteiger partial charge in [0.2, 0.25) is 0 Å². The van der Waals surface area contributed by atoms with Gasteiger partial charge in [0, 0.05) is 0 Å². The highest BCUT2D eigenvalue weighted by Crippen LogP contribution is 2.28. The molecule has 1 aliphatic rings. The van der Waals surface area contributed by atoms with Gasteiger partial charge in [-0.3, -0.25) is 0 Å². The molecule has 0 N–H and O–H groups in total. The van der Waals surface area contributed by atoms with Crippen LogP contribution in [0.25, 0.3) is 0 Å². The predicted molar refractivity (Wildman–Crippen MR) is 86.6 cm³/mol. The molecule has 0 unspecified atom stereocenters. The van der Waals surface area contributed by atoms with Crippen molar-refractivity contribution in [3.63, 3.8) is 0 Å². The van der Waals surface area contributed by atoms with Gasteiger partial charge < -0.3 is 0 Å². The first-order valence-corrected chi connectivity index (χ1v) is 6.84. The van der Waals surface area contributed by atoms with Gasteiger partial charge in [-0.2, -0.15) is 0 Å². The summed E-state index contributed by atoms with van der Waals surface area (Å²) in [6, 6.07) is 0. The van der Waals surface area contributed by atoms with Gasteiger partial charge in [-0.25, -0.2) is 0 Å². The Bertz CT molecular complexity index is 172. The zero-order valence-corrected chi connectivity index (χ0v) is 13.1. The molecule has 0 aliphatic heterocycles. The van der Waals surface area contributed by atoms with E-state index in [1.807, 2.05) is 47.6 Å². The van der Waals surface area contributed by atoms with E-state index < -0.39 is 0 Å². The second-order valence-electron chi connectivity index (χ2n) is 2.38. The smallest absolute Gasteiger partial charge is 0.0273 e. The Morgan fingerprint density at radius 3 is 1.53 bits per heavy atom. The fourth-order valence-electron chi connectivity index (χ4n) is 1.17. The minimum atomic E-state index is 1.18. The predicted octanol–water partition coefficient (Wildman–Crippen LogP) is 6.72. The van der Waals surface area contributed by atoms with Gasteiger partial charge in [-0.1, -0.05) is 72.4 Å². The molecule has 0 nitrogen and oxygen atoms in total. The summed E-state index contributed by atoms with van der Waals surface area (Å²) in [5.41, 5.74) is 2.69. The molecule has 0 spiro atoms. The molecule has 1 aliphatic carbocycles. The molecule has 0 aromatic rings. The molecule has 0 amide bonds. The highest BCUT2D eigenvalue weighted by atomic mass is 14.1. The van der Waals surface area contributed by atoms with E-state index >= 15 is 0 Å². The maximum Gasteiger partial charge on any atom is -0.0273 e. The minimum Gasteiger partial charge on any atom is -0.106 e. The van der Waals surface area contributed by atoms with Crippen LogP contribution in [0.4, 0.5) is 0 Å². The second kappa shape index (κ2) is 29.4. The van der Waals surface area contributed by atoms with Gasteiger partial charge in [0.25, 0.3) is 0 Å². The quantitative estimate of drug-likeness (QED) is 0.445. The fraction of sp³-hybridized carbons (Fsp3) is 0.529. The highest BCUT2D eigenvalue weighted by molar-refractivity contribution is 5.34. The van der Waals surface area contributed by atoms with E-state index in [9.17, 15) is 0 Å². The maximum absolute atomic E-state index is 3.94. The molecule has 0 heteroatoms. The lowest BCUT2D eigenvalue weighted by atomic mass is 10.1. The van der Waals surface area contributed by atoms with Crippen molar-refractivity contribution in [3.05, 3.63) is 49.6 Å². The summed E-state index contributed by atoms with van der Waals surface area (Å²) in [7, 11) is 0. The summed E-state index contributed by atoms with van der Waals surface area (Å²) in [6.45, 7) is 25.6. The van der Waals surface area contributed by atoms with Crippen molar-refractivity contribution in [3.8, 4) is 0 Å². The number of rotatable bonds is 1. The van der Waals surface area contributed by atoms with Crippen LogP contribution >= 0.6 is 0 Å². The molecule has 1 rings (SSSR count). The lowest BCUT2D eigenvalue weighted by molar-refractivity contribution is 0.933. The first-order chi connectivity index (χ1) is 8.34. The lowest BCUT2D eigenvalue weighted by Crippen LogP contribution is -1.72. The molecule has 0 aromatic carbocycles. The van der Waals surface area contributed by atoms with Crippen molar-refractivity contribution in [2.24, 2.45) is 0 Å². The van der Waals surface area contributed by atoms with Crippen molar-refractivity contribution in [2.75, 3.05) is 0 Å². The largest absolute Gasteiger partial charge is 0.106 e. The first-order valence-electron chi connectivity index (χ1n) is 6.84. The van der Waals surface area contributed by atoms with Crippen molar-refractivity contribution in [1.82, 2.24) is 0 Å². The third-order valence-corrected chi connectivity index (χ3v) is 1.70. The van der Waals surface area contributed by atoms with E-state index in [4.69, 9.17) is 0 Å². The van der Waals surface area contributed by atoms with Gasteiger partial charge in [-0.05, 0) is 24.8 Å². The van der Waals surface area contributed by atoms with E-state index in [2.05, 4.69) is 32.4 Å². The normalized spacial score (nSPS) is 13.5. The van der Waals surface area contributed by atoms with E-state index in [0.29, 0.717) is 0 Å². The molecule has 0 aromatic heterocycles. The van der Waals surface area contributed by atoms with Crippen molar-refractivity contribution in [2.45, 2.75) is 60.8 Å². The van der Waals surface area contributed by atoms with Crippen molar-refractivity contribution < 1.29 is 0 Å². The van der Waals surface area contributed by atoms with Gasteiger partial charge in [0.15, 0.2) is 0 Å². The molecular formula is C17H34.